The van der Waals surface area contributed by atoms with Crippen molar-refractivity contribution in [2.75, 3.05) is 26.2 Å². The van der Waals surface area contributed by atoms with Crippen LogP contribution in [0, 0.1) is 5.92 Å². The van der Waals surface area contributed by atoms with E-state index in [1.165, 1.54) is 43.5 Å². The van der Waals surface area contributed by atoms with Gasteiger partial charge in [-0.2, -0.15) is 0 Å². The smallest absolute Gasteiger partial charge is 0.122 e. The Hall–Kier alpha value is -1.06. The van der Waals surface area contributed by atoms with Crippen LogP contribution in [0.3, 0.4) is 0 Å². The number of hydrogen-bond acceptors (Lipinski definition) is 3. The van der Waals surface area contributed by atoms with Crippen molar-refractivity contribution in [3.8, 4) is 5.75 Å². The summed E-state index contributed by atoms with van der Waals surface area (Å²) < 4.78 is 5.53. The predicted molar refractivity (Wildman–Crippen MR) is 77.6 cm³/mol. The summed E-state index contributed by atoms with van der Waals surface area (Å²) in [5.74, 6) is 1.95. The van der Waals surface area contributed by atoms with Gasteiger partial charge >= 0.3 is 0 Å². The summed E-state index contributed by atoms with van der Waals surface area (Å²) in [4.78, 5) is 0. The second kappa shape index (κ2) is 6.40. The van der Waals surface area contributed by atoms with Gasteiger partial charge in [-0.1, -0.05) is 12.1 Å². The Labute approximate surface area is 115 Å². The third-order valence-electron chi connectivity index (χ3n) is 4.21. The summed E-state index contributed by atoms with van der Waals surface area (Å²) in [6, 6.07) is 6.58. The standard InChI is InChI=1S/C16H24N2O/c1-2-13(11-17-7-1)5-8-18-12-14-3-4-16-15(10-14)6-9-19-16/h3-4,10,13,17-18H,1-2,5-9,11-12H2. The minimum Gasteiger partial charge on any atom is -0.493 e. The van der Waals surface area contributed by atoms with E-state index in [4.69, 9.17) is 4.74 Å². The molecule has 0 amide bonds. The molecule has 3 nitrogen and oxygen atoms in total. The van der Waals surface area contributed by atoms with Crippen molar-refractivity contribution in [2.45, 2.75) is 32.2 Å². The van der Waals surface area contributed by atoms with E-state index in [1.807, 2.05) is 0 Å². The Kier molecular flexibility index (Phi) is 4.36. The molecule has 104 valence electrons. The molecule has 0 aliphatic carbocycles. The average Bonchev–Trinajstić information content (AvgIpc) is 2.92. The minimum atomic E-state index is 0.848. The van der Waals surface area contributed by atoms with Gasteiger partial charge in [-0.05, 0) is 62.0 Å². The predicted octanol–water partition coefficient (Wildman–Crippen LogP) is 2.10. The average molecular weight is 260 g/mol. The third kappa shape index (κ3) is 3.48. The van der Waals surface area contributed by atoms with Crippen LogP contribution in [0.4, 0.5) is 0 Å². The Morgan fingerprint density at radius 3 is 3.26 bits per heavy atom. The quantitative estimate of drug-likeness (QED) is 0.796. The highest BCUT2D eigenvalue weighted by atomic mass is 16.5. The summed E-state index contributed by atoms with van der Waals surface area (Å²) in [7, 11) is 0. The van der Waals surface area contributed by atoms with Crippen molar-refractivity contribution in [1.29, 1.82) is 0 Å². The van der Waals surface area contributed by atoms with Gasteiger partial charge in [0.15, 0.2) is 0 Å². The monoisotopic (exact) mass is 260 g/mol. The van der Waals surface area contributed by atoms with Gasteiger partial charge in [0.2, 0.25) is 0 Å². The van der Waals surface area contributed by atoms with Gasteiger partial charge in [0.1, 0.15) is 5.75 Å². The molecular formula is C16H24N2O. The second-order valence-electron chi connectivity index (χ2n) is 5.72. The van der Waals surface area contributed by atoms with E-state index < -0.39 is 0 Å². The highest BCUT2D eigenvalue weighted by Gasteiger charge is 2.13. The van der Waals surface area contributed by atoms with E-state index in [2.05, 4.69) is 28.8 Å². The molecule has 2 aliphatic rings. The molecule has 0 spiro atoms. The highest BCUT2D eigenvalue weighted by Crippen LogP contribution is 2.25. The van der Waals surface area contributed by atoms with Crippen LogP contribution in [0.5, 0.6) is 5.75 Å². The number of benzene rings is 1. The summed E-state index contributed by atoms with van der Waals surface area (Å²) in [6.45, 7) is 5.37. The zero-order chi connectivity index (χ0) is 12.9. The lowest BCUT2D eigenvalue weighted by molar-refractivity contribution is 0.352. The number of fused-ring (bicyclic) bond motifs is 1. The molecule has 1 aromatic carbocycles. The Morgan fingerprint density at radius 1 is 1.37 bits per heavy atom. The lowest BCUT2D eigenvalue weighted by Gasteiger charge is -2.22. The van der Waals surface area contributed by atoms with E-state index in [0.29, 0.717) is 0 Å². The fourth-order valence-electron chi connectivity index (χ4n) is 3.06. The summed E-state index contributed by atoms with van der Waals surface area (Å²) in [5.41, 5.74) is 2.75. The fraction of sp³-hybridized carbons (Fsp3) is 0.625. The number of ether oxygens (including phenoxy) is 1. The molecule has 3 heteroatoms. The van der Waals surface area contributed by atoms with Crippen molar-refractivity contribution in [1.82, 2.24) is 10.6 Å². The lowest BCUT2D eigenvalue weighted by Crippen LogP contribution is -2.31. The van der Waals surface area contributed by atoms with Crippen LogP contribution >= 0.6 is 0 Å². The van der Waals surface area contributed by atoms with Crippen LogP contribution in [-0.4, -0.2) is 26.2 Å². The van der Waals surface area contributed by atoms with Crippen molar-refractivity contribution >= 4 is 0 Å². The second-order valence-corrected chi connectivity index (χ2v) is 5.72. The first-order valence-electron chi connectivity index (χ1n) is 7.58. The number of nitrogens with one attached hydrogen (secondary N) is 2. The maximum absolute atomic E-state index is 5.53. The van der Waals surface area contributed by atoms with Crippen LogP contribution in [0.2, 0.25) is 0 Å². The molecule has 0 aromatic heterocycles. The van der Waals surface area contributed by atoms with Crippen LogP contribution < -0.4 is 15.4 Å². The fourth-order valence-corrected chi connectivity index (χ4v) is 3.06. The molecule has 1 atom stereocenters. The minimum absolute atomic E-state index is 0.848. The summed E-state index contributed by atoms with van der Waals surface area (Å²) >= 11 is 0. The van der Waals surface area contributed by atoms with E-state index in [1.54, 1.807) is 0 Å². The first-order chi connectivity index (χ1) is 9.42. The van der Waals surface area contributed by atoms with Crippen molar-refractivity contribution in [3.63, 3.8) is 0 Å². The maximum Gasteiger partial charge on any atom is 0.122 e. The molecule has 2 heterocycles. The SMILES string of the molecule is c1cc2c(cc1CNCCC1CCCNC1)CCO2. The molecule has 19 heavy (non-hydrogen) atoms. The molecular weight excluding hydrogens is 236 g/mol. The van der Waals surface area contributed by atoms with E-state index >= 15 is 0 Å². The number of piperidine rings is 1. The number of hydrogen-bond donors (Lipinski definition) is 2. The van der Waals surface area contributed by atoms with Crippen molar-refractivity contribution in [3.05, 3.63) is 29.3 Å². The van der Waals surface area contributed by atoms with E-state index in [-0.39, 0.29) is 0 Å². The first-order valence-corrected chi connectivity index (χ1v) is 7.58. The lowest BCUT2D eigenvalue weighted by atomic mass is 9.96. The Morgan fingerprint density at radius 2 is 2.37 bits per heavy atom. The molecule has 1 saturated heterocycles. The van der Waals surface area contributed by atoms with Crippen LogP contribution in [0.15, 0.2) is 18.2 Å². The Balaban J connectivity index is 1.40. The van der Waals surface area contributed by atoms with E-state index in [9.17, 15) is 0 Å². The zero-order valence-electron chi connectivity index (χ0n) is 11.6. The topological polar surface area (TPSA) is 33.3 Å². The molecule has 1 aromatic rings. The zero-order valence-corrected chi connectivity index (χ0v) is 11.6. The van der Waals surface area contributed by atoms with Gasteiger partial charge in [-0.25, -0.2) is 0 Å². The van der Waals surface area contributed by atoms with Crippen LogP contribution in [0.1, 0.15) is 30.4 Å². The molecule has 3 rings (SSSR count). The Bertz CT molecular complexity index is 413. The van der Waals surface area contributed by atoms with Crippen LogP contribution in [0.25, 0.3) is 0 Å². The highest BCUT2D eigenvalue weighted by molar-refractivity contribution is 5.39. The molecule has 0 bridgehead atoms. The van der Waals surface area contributed by atoms with Crippen molar-refractivity contribution in [2.24, 2.45) is 5.92 Å². The van der Waals surface area contributed by atoms with Gasteiger partial charge in [-0.3, -0.25) is 0 Å². The summed E-state index contributed by atoms with van der Waals surface area (Å²) in [6.07, 6.45) is 5.10. The molecule has 2 aliphatic heterocycles. The summed E-state index contributed by atoms with van der Waals surface area (Å²) in [5, 5.41) is 7.05. The van der Waals surface area contributed by atoms with Gasteiger partial charge in [-0.15, -0.1) is 0 Å². The molecule has 0 saturated carbocycles. The molecule has 1 fully saturated rings. The van der Waals surface area contributed by atoms with Gasteiger partial charge in [0.25, 0.3) is 0 Å². The first kappa shape index (κ1) is 12.9. The van der Waals surface area contributed by atoms with Gasteiger partial charge < -0.3 is 15.4 Å². The van der Waals surface area contributed by atoms with Crippen molar-refractivity contribution < 1.29 is 4.74 Å². The third-order valence-corrected chi connectivity index (χ3v) is 4.21. The normalized spacial score (nSPS) is 22.0. The molecule has 2 N–H and O–H groups in total. The van der Waals surface area contributed by atoms with Gasteiger partial charge in [0, 0.05) is 13.0 Å². The van der Waals surface area contributed by atoms with Crippen LogP contribution in [-0.2, 0) is 13.0 Å². The molecule has 0 radical (unpaired) electrons. The largest absolute Gasteiger partial charge is 0.493 e. The molecule has 1 unspecified atom stereocenters. The van der Waals surface area contributed by atoms with E-state index in [0.717, 1.165) is 37.8 Å². The van der Waals surface area contributed by atoms with Gasteiger partial charge in [0.05, 0.1) is 6.61 Å². The number of rotatable bonds is 5. The maximum atomic E-state index is 5.53.